The van der Waals surface area contributed by atoms with Gasteiger partial charge in [0.1, 0.15) is 0 Å². The quantitative estimate of drug-likeness (QED) is 0.781. The monoisotopic (exact) mass is 352 g/mol. The average Bonchev–Trinajstić information content (AvgIpc) is 2.67. The minimum atomic E-state index is -1.15. The number of benzene rings is 1. The number of Topliss-reactive ketones (excluding diaryl/α,β-unsaturated/α-hetero) is 1. The van der Waals surface area contributed by atoms with Crippen molar-refractivity contribution < 1.29 is 18.4 Å². The van der Waals surface area contributed by atoms with Crippen LogP contribution in [-0.4, -0.2) is 16.7 Å². The van der Waals surface area contributed by atoms with Crippen LogP contribution in [0.25, 0.3) is 0 Å². The first kappa shape index (κ1) is 13.8. The summed E-state index contributed by atoms with van der Waals surface area (Å²) in [6.45, 7) is 0.00985. The third-order valence-corrected chi connectivity index (χ3v) is 3.59. The number of aromatic nitrogens is 1. The number of anilines is 1. The fraction of sp³-hybridized carbons (Fsp3) is 0.0714. The number of pyridine rings is 1. The van der Waals surface area contributed by atoms with Gasteiger partial charge in [-0.2, -0.15) is 0 Å². The van der Waals surface area contributed by atoms with Gasteiger partial charge < -0.3 is 0 Å². The van der Waals surface area contributed by atoms with Crippen LogP contribution in [0.3, 0.4) is 0 Å². The van der Waals surface area contributed by atoms with Gasteiger partial charge in [0.2, 0.25) is 0 Å². The summed E-state index contributed by atoms with van der Waals surface area (Å²) >= 11 is 3.23. The molecule has 0 saturated carbocycles. The van der Waals surface area contributed by atoms with E-state index < -0.39 is 23.3 Å². The molecule has 0 fully saturated rings. The molecular formula is C14H7BrF2N2O2. The molecule has 3 rings (SSSR count). The van der Waals surface area contributed by atoms with Gasteiger partial charge >= 0.3 is 0 Å². The number of ketones is 1. The maximum absolute atomic E-state index is 13.3. The van der Waals surface area contributed by atoms with Gasteiger partial charge in [0.25, 0.3) is 11.7 Å². The van der Waals surface area contributed by atoms with E-state index in [-0.39, 0.29) is 17.8 Å². The maximum atomic E-state index is 13.3. The highest BCUT2D eigenvalue weighted by molar-refractivity contribution is 9.10. The van der Waals surface area contributed by atoms with Crippen LogP contribution in [0.5, 0.6) is 0 Å². The number of hydrogen-bond acceptors (Lipinski definition) is 3. The Balaban J connectivity index is 2.01. The molecule has 0 atom stereocenters. The van der Waals surface area contributed by atoms with E-state index in [2.05, 4.69) is 20.9 Å². The van der Waals surface area contributed by atoms with Crippen LogP contribution >= 0.6 is 15.9 Å². The summed E-state index contributed by atoms with van der Waals surface area (Å²) in [5.41, 5.74) is 0.460. The summed E-state index contributed by atoms with van der Waals surface area (Å²) in [5, 5.41) is 0. The zero-order chi connectivity index (χ0) is 15.1. The molecule has 0 unspecified atom stereocenters. The number of hydrogen-bond donors (Lipinski definition) is 0. The van der Waals surface area contributed by atoms with Gasteiger partial charge in [-0.1, -0.05) is 0 Å². The van der Waals surface area contributed by atoms with Crippen molar-refractivity contribution in [1.29, 1.82) is 0 Å². The third kappa shape index (κ3) is 2.33. The molecule has 4 nitrogen and oxygen atoms in total. The van der Waals surface area contributed by atoms with Gasteiger partial charge in [0.05, 0.1) is 23.5 Å². The molecule has 1 amide bonds. The molecule has 2 aromatic rings. The number of nitrogens with zero attached hydrogens (tertiary/aromatic N) is 2. The second-order valence-electron chi connectivity index (χ2n) is 4.47. The zero-order valence-corrected chi connectivity index (χ0v) is 12.0. The first-order chi connectivity index (χ1) is 9.97. The first-order valence-corrected chi connectivity index (χ1v) is 6.72. The van der Waals surface area contributed by atoms with Crippen molar-refractivity contribution in [3.8, 4) is 0 Å². The molecule has 1 aromatic heterocycles. The summed E-state index contributed by atoms with van der Waals surface area (Å²) in [5.74, 6) is -3.93. The zero-order valence-electron chi connectivity index (χ0n) is 10.4. The first-order valence-electron chi connectivity index (χ1n) is 5.93. The molecule has 7 heteroatoms. The predicted octanol–water partition coefficient (Wildman–Crippen LogP) is 2.85. The second kappa shape index (κ2) is 5.00. The average molecular weight is 353 g/mol. The van der Waals surface area contributed by atoms with Crippen LogP contribution in [-0.2, 0) is 11.3 Å². The van der Waals surface area contributed by atoms with Crippen LogP contribution in [0.4, 0.5) is 14.5 Å². The van der Waals surface area contributed by atoms with Crippen molar-refractivity contribution in [3.05, 3.63) is 57.8 Å². The lowest BCUT2D eigenvalue weighted by atomic mass is 10.1. The molecule has 1 aromatic carbocycles. The van der Waals surface area contributed by atoms with Gasteiger partial charge in [0, 0.05) is 16.7 Å². The minimum Gasteiger partial charge on any atom is -0.299 e. The Kier molecular flexibility index (Phi) is 3.29. The number of fused-ring (bicyclic) bond motifs is 1. The van der Waals surface area contributed by atoms with E-state index in [1.807, 2.05) is 0 Å². The van der Waals surface area contributed by atoms with Crippen molar-refractivity contribution in [1.82, 2.24) is 4.98 Å². The lowest BCUT2D eigenvalue weighted by molar-refractivity contribution is -0.114. The highest BCUT2D eigenvalue weighted by Gasteiger charge is 2.37. The number of amides is 1. The molecule has 2 heterocycles. The molecule has 0 N–H and O–H groups in total. The summed E-state index contributed by atoms with van der Waals surface area (Å²) in [7, 11) is 0. The smallest absolute Gasteiger partial charge is 0.299 e. The highest BCUT2D eigenvalue weighted by atomic mass is 79.9. The van der Waals surface area contributed by atoms with E-state index in [0.29, 0.717) is 5.69 Å². The molecule has 1 aliphatic heterocycles. The fourth-order valence-corrected chi connectivity index (χ4v) is 2.34. The SMILES string of the molecule is O=C1C(=O)N(Cc2ccc(Br)cn2)c2cc(F)c(F)cc21. The van der Waals surface area contributed by atoms with Crippen molar-refractivity contribution in [2.75, 3.05) is 4.90 Å². The lowest BCUT2D eigenvalue weighted by Crippen LogP contribution is -2.29. The van der Waals surface area contributed by atoms with Gasteiger partial charge in [-0.3, -0.25) is 19.5 Å². The molecule has 0 spiro atoms. The molecule has 0 saturated heterocycles. The molecule has 106 valence electrons. The van der Waals surface area contributed by atoms with Crippen molar-refractivity contribution >= 4 is 33.3 Å². The Morgan fingerprint density at radius 2 is 1.86 bits per heavy atom. The topological polar surface area (TPSA) is 50.3 Å². The number of halogens is 3. The third-order valence-electron chi connectivity index (χ3n) is 3.12. The summed E-state index contributed by atoms with van der Waals surface area (Å²) < 4.78 is 27.3. The van der Waals surface area contributed by atoms with E-state index in [1.54, 1.807) is 18.3 Å². The fourth-order valence-electron chi connectivity index (χ4n) is 2.11. The molecule has 21 heavy (non-hydrogen) atoms. The lowest BCUT2D eigenvalue weighted by Gasteiger charge is -2.16. The summed E-state index contributed by atoms with van der Waals surface area (Å²) in [6, 6.07) is 5.00. The Labute approximate surface area is 126 Å². The molecular weight excluding hydrogens is 346 g/mol. The van der Waals surface area contributed by atoms with Gasteiger partial charge in [-0.05, 0) is 34.1 Å². The summed E-state index contributed by atoms with van der Waals surface area (Å²) in [4.78, 5) is 28.9. The van der Waals surface area contributed by atoms with E-state index in [0.717, 1.165) is 21.5 Å². The van der Waals surface area contributed by atoms with E-state index >= 15 is 0 Å². The Bertz CT molecular complexity index is 762. The Morgan fingerprint density at radius 3 is 2.52 bits per heavy atom. The number of carbonyl (C=O) groups is 2. The standard InChI is InChI=1S/C14H7BrF2N2O2/c15-7-1-2-8(18-5-7)6-19-12-4-11(17)10(16)3-9(12)13(20)14(19)21/h1-5H,6H2. The van der Waals surface area contributed by atoms with Crippen molar-refractivity contribution in [3.63, 3.8) is 0 Å². The predicted molar refractivity (Wildman–Crippen MR) is 73.8 cm³/mol. The molecule has 0 radical (unpaired) electrons. The number of rotatable bonds is 2. The molecule has 0 aliphatic carbocycles. The summed E-state index contributed by atoms with van der Waals surface area (Å²) in [6.07, 6.45) is 1.55. The highest BCUT2D eigenvalue weighted by Crippen LogP contribution is 2.32. The minimum absolute atomic E-state index is 0.00985. The normalized spacial score (nSPS) is 13.8. The van der Waals surface area contributed by atoms with Gasteiger partial charge in [-0.25, -0.2) is 8.78 Å². The van der Waals surface area contributed by atoms with E-state index in [9.17, 15) is 18.4 Å². The number of carbonyl (C=O) groups excluding carboxylic acids is 2. The molecule has 0 bridgehead atoms. The second-order valence-corrected chi connectivity index (χ2v) is 5.39. The Morgan fingerprint density at radius 1 is 1.14 bits per heavy atom. The van der Waals surface area contributed by atoms with Crippen LogP contribution in [0.15, 0.2) is 34.9 Å². The van der Waals surface area contributed by atoms with E-state index in [1.165, 1.54) is 0 Å². The maximum Gasteiger partial charge on any atom is 0.299 e. The van der Waals surface area contributed by atoms with Crippen LogP contribution in [0.2, 0.25) is 0 Å². The van der Waals surface area contributed by atoms with Crippen LogP contribution in [0, 0.1) is 11.6 Å². The van der Waals surface area contributed by atoms with Gasteiger partial charge in [-0.15, -0.1) is 0 Å². The van der Waals surface area contributed by atoms with Crippen LogP contribution in [0.1, 0.15) is 16.1 Å². The van der Waals surface area contributed by atoms with E-state index in [4.69, 9.17) is 0 Å². The van der Waals surface area contributed by atoms with Gasteiger partial charge in [0.15, 0.2) is 11.6 Å². The van der Waals surface area contributed by atoms with Crippen molar-refractivity contribution in [2.24, 2.45) is 0 Å². The Hall–Kier alpha value is -2.15. The van der Waals surface area contributed by atoms with Crippen molar-refractivity contribution in [2.45, 2.75) is 6.54 Å². The molecule has 1 aliphatic rings. The van der Waals surface area contributed by atoms with Crippen LogP contribution < -0.4 is 4.90 Å². The largest absolute Gasteiger partial charge is 0.299 e.